The lowest BCUT2D eigenvalue weighted by molar-refractivity contribution is 0.486. The van der Waals surface area contributed by atoms with Crippen molar-refractivity contribution in [2.75, 3.05) is 0 Å². The second-order valence-electron chi connectivity index (χ2n) is 12.7. The Bertz CT molecular complexity index is 922. The molecule has 37 heavy (non-hydrogen) atoms. The van der Waals surface area contributed by atoms with Crippen molar-refractivity contribution in [3.05, 3.63) is 42.6 Å². The first-order valence-electron chi connectivity index (χ1n) is 16.2. The predicted molar refractivity (Wildman–Crippen MR) is 166 cm³/mol. The highest BCUT2D eigenvalue weighted by Gasteiger charge is 2.36. The summed E-state index contributed by atoms with van der Waals surface area (Å²) in [5, 5.41) is 1.77. The van der Waals surface area contributed by atoms with Crippen LogP contribution in [0, 0.1) is 0 Å². The average molecular weight is 536 g/mol. The Morgan fingerprint density at radius 2 is 0.892 bits per heavy atom. The lowest BCUT2D eigenvalue weighted by Gasteiger charge is -2.41. The first-order valence-corrected chi connectivity index (χ1v) is 19.2. The van der Waals surface area contributed by atoms with Crippen molar-refractivity contribution >= 4 is 26.6 Å². The van der Waals surface area contributed by atoms with E-state index in [1.165, 1.54) is 128 Å². The molecule has 1 aromatic heterocycles. The fourth-order valence-electron chi connectivity index (χ4n) is 8.47. The number of para-hydroxylation sites is 1. The molecule has 4 aliphatic rings. The molecule has 4 aliphatic carbocycles. The Morgan fingerprint density at radius 3 is 1.38 bits per heavy atom. The summed E-state index contributed by atoms with van der Waals surface area (Å²) in [6.07, 6.45) is 32.1. The van der Waals surface area contributed by atoms with Gasteiger partial charge in [0.25, 0.3) is 0 Å². The van der Waals surface area contributed by atoms with Gasteiger partial charge in [-0.1, -0.05) is 111 Å². The van der Waals surface area contributed by atoms with Crippen LogP contribution in [0.5, 0.6) is 0 Å². The maximum absolute atomic E-state index is 2.77. The van der Waals surface area contributed by atoms with Crippen LogP contribution in [0.25, 0.3) is 5.69 Å². The number of rotatable bonds is 7. The molecule has 1 heterocycles. The van der Waals surface area contributed by atoms with Crippen molar-refractivity contribution in [2.45, 2.75) is 151 Å². The van der Waals surface area contributed by atoms with Crippen LogP contribution in [0.15, 0.2) is 42.6 Å². The molecule has 3 heteroatoms. The van der Waals surface area contributed by atoms with E-state index in [4.69, 9.17) is 0 Å². The maximum atomic E-state index is 2.77. The summed E-state index contributed by atoms with van der Waals surface area (Å²) >= 11 is 0. The van der Waals surface area contributed by atoms with Gasteiger partial charge < -0.3 is 4.57 Å². The smallest absolute Gasteiger partial charge is 0.0532 e. The quantitative estimate of drug-likeness (QED) is 0.311. The third-order valence-corrected chi connectivity index (χ3v) is 17.3. The van der Waals surface area contributed by atoms with E-state index in [1.54, 1.807) is 16.4 Å². The largest absolute Gasteiger partial charge is 0.316 e. The van der Waals surface area contributed by atoms with Crippen molar-refractivity contribution < 1.29 is 0 Å². The molecule has 4 saturated carbocycles. The molecule has 1 aromatic carbocycles. The van der Waals surface area contributed by atoms with Crippen molar-refractivity contribution in [3.8, 4) is 5.69 Å². The van der Waals surface area contributed by atoms with Gasteiger partial charge in [0, 0.05) is 16.9 Å². The highest BCUT2D eigenvalue weighted by atomic mass is 31.1. The normalized spacial score (nSPS) is 23.7. The van der Waals surface area contributed by atoms with E-state index in [-0.39, 0.29) is 15.8 Å². The lowest BCUT2D eigenvalue weighted by Crippen LogP contribution is -2.32. The van der Waals surface area contributed by atoms with Crippen LogP contribution in [0.3, 0.4) is 0 Å². The summed E-state index contributed by atoms with van der Waals surface area (Å²) in [5.41, 5.74) is 7.18. The number of nitrogens with zero attached hydrogens (tertiary/aromatic N) is 1. The topological polar surface area (TPSA) is 4.93 Å². The summed E-state index contributed by atoms with van der Waals surface area (Å²) in [4.78, 5) is 0. The summed E-state index contributed by atoms with van der Waals surface area (Å²) < 4.78 is 2.77. The van der Waals surface area contributed by atoms with Crippen LogP contribution < -0.4 is 10.7 Å². The SMILES string of the molecule is c1ccc(P(C2CCCCC2)C2CCCCC2)c(-n2cccc2P(C2CCCCC2)C2CCCCC2)c1. The van der Waals surface area contributed by atoms with E-state index in [0.29, 0.717) is 0 Å². The molecule has 0 radical (unpaired) electrons. The minimum atomic E-state index is -0.0919. The minimum Gasteiger partial charge on any atom is -0.316 e. The Hall–Kier alpha value is -0.640. The van der Waals surface area contributed by atoms with Gasteiger partial charge in [0.2, 0.25) is 0 Å². The van der Waals surface area contributed by atoms with Gasteiger partial charge in [-0.2, -0.15) is 0 Å². The van der Waals surface area contributed by atoms with E-state index < -0.39 is 0 Å². The molecule has 0 spiro atoms. The summed E-state index contributed by atoms with van der Waals surface area (Å²) in [6, 6.07) is 14.8. The zero-order valence-corrected chi connectivity index (χ0v) is 25.1. The maximum Gasteiger partial charge on any atom is 0.0532 e. The number of hydrogen-bond acceptors (Lipinski definition) is 0. The lowest BCUT2D eigenvalue weighted by atomic mass is 9.99. The van der Waals surface area contributed by atoms with Gasteiger partial charge in [-0.3, -0.25) is 0 Å². The van der Waals surface area contributed by atoms with Gasteiger partial charge in [0.05, 0.1) is 5.69 Å². The van der Waals surface area contributed by atoms with Gasteiger partial charge in [-0.25, -0.2) is 0 Å². The fourth-order valence-corrected chi connectivity index (χ4v) is 16.3. The molecular weight excluding hydrogens is 484 g/mol. The van der Waals surface area contributed by atoms with E-state index >= 15 is 0 Å². The van der Waals surface area contributed by atoms with Gasteiger partial charge in [-0.15, -0.1) is 0 Å². The zero-order valence-electron chi connectivity index (χ0n) is 23.3. The van der Waals surface area contributed by atoms with E-state index in [1.807, 2.05) is 0 Å². The summed E-state index contributed by atoms with van der Waals surface area (Å²) in [5.74, 6) is 0. The molecule has 0 atom stereocenters. The average Bonchev–Trinajstić information content (AvgIpc) is 3.45. The third kappa shape index (κ3) is 6.09. The van der Waals surface area contributed by atoms with Crippen LogP contribution >= 0.6 is 15.8 Å². The molecule has 4 fully saturated rings. The summed E-state index contributed by atoms with van der Waals surface area (Å²) in [6.45, 7) is 0. The van der Waals surface area contributed by atoms with Crippen molar-refractivity contribution in [1.29, 1.82) is 0 Å². The minimum absolute atomic E-state index is 0.0899. The second kappa shape index (κ2) is 13.1. The Balaban J connectivity index is 1.39. The van der Waals surface area contributed by atoms with E-state index in [9.17, 15) is 0 Å². The first-order chi connectivity index (χ1) is 18.4. The Kier molecular flexibility index (Phi) is 9.44. The van der Waals surface area contributed by atoms with Crippen LogP contribution in [0.2, 0.25) is 0 Å². The molecule has 0 N–H and O–H groups in total. The molecule has 6 rings (SSSR count). The van der Waals surface area contributed by atoms with Crippen LogP contribution in [0.1, 0.15) is 128 Å². The molecule has 0 saturated heterocycles. The predicted octanol–water partition coefficient (Wildman–Crippen LogP) is 10.0. The van der Waals surface area contributed by atoms with Crippen molar-refractivity contribution in [3.63, 3.8) is 0 Å². The van der Waals surface area contributed by atoms with E-state index in [0.717, 1.165) is 22.6 Å². The zero-order chi connectivity index (χ0) is 24.9. The van der Waals surface area contributed by atoms with Gasteiger partial charge >= 0.3 is 0 Å². The summed E-state index contributed by atoms with van der Waals surface area (Å²) in [7, 11) is -0.182. The molecule has 0 aliphatic heterocycles. The number of benzene rings is 1. The third-order valence-electron chi connectivity index (χ3n) is 10.3. The Labute approximate surface area is 230 Å². The highest BCUT2D eigenvalue weighted by molar-refractivity contribution is 7.67. The Morgan fingerprint density at radius 1 is 0.459 bits per heavy atom. The monoisotopic (exact) mass is 535 g/mol. The molecule has 2 aromatic rings. The van der Waals surface area contributed by atoms with Crippen molar-refractivity contribution in [1.82, 2.24) is 4.57 Å². The van der Waals surface area contributed by atoms with Crippen molar-refractivity contribution in [2.24, 2.45) is 0 Å². The molecule has 0 amide bonds. The first kappa shape index (κ1) is 26.6. The number of aromatic nitrogens is 1. The van der Waals surface area contributed by atoms with Gasteiger partial charge in [-0.05, 0) is 92.2 Å². The molecular formula is C34H51NP2. The van der Waals surface area contributed by atoms with Gasteiger partial charge in [0.1, 0.15) is 0 Å². The second-order valence-corrected chi connectivity index (χ2v) is 18.2. The van der Waals surface area contributed by atoms with Crippen LogP contribution in [0.4, 0.5) is 0 Å². The highest BCUT2D eigenvalue weighted by Crippen LogP contribution is 2.57. The number of hydrogen-bond donors (Lipinski definition) is 0. The van der Waals surface area contributed by atoms with E-state index in [2.05, 4.69) is 47.2 Å². The molecule has 1 nitrogen and oxygen atoms in total. The van der Waals surface area contributed by atoms with Crippen LogP contribution in [-0.4, -0.2) is 27.2 Å². The standard InChI is InChI=1S/C34H51NP2/c1-5-16-28(17-6-1)36(29-18-7-2-8-19-29)33-25-14-13-24-32(33)35-27-15-26-34(35)37(30-20-9-3-10-21-30)31-22-11-4-12-23-31/h13-15,24-31H,1-12,16-23H2. The van der Waals surface area contributed by atoms with Gasteiger partial charge in [0.15, 0.2) is 0 Å². The molecule has 0 bridgehead atoms. The van der Waals surface area contributed by atoms with Crippen LogP contribution in [-0.2, 0) is 0 Å². The molecule has 0 unspecified atom stereocenters. The fraction of sp³-hybridized carbons (Fsp3) is 0.706. The molecule has 202 valence electrons.